The summed E-state index contributed by atoms with van der Waals surface area (Å²) in [6.07, 6.45) is 4.45. The number of anilines is 1. The average molecular weight is 394 g/mol. The van der Waals surface area contributed by atoms with Crippen LogP contribution in [0.3, 0.4) is 0 Å². The average Bonchev–Trinajstić information content (AvgIpc) is 2.79. The van der Waals surface area contributed by atoms with Gasteiger partial charge in [0.15, 0.2) is 0 Å². The largest absolute Gasteiger partial charge is 0.325 e. The summed E-state index contributed by atoms with van der Waals surface area (Å²) in [5.74, 6) is -0.409. The van der Waals surface area contributed by atoms with Gasteiger partial charge >= 0.3 is 6.03 Å². The van der Waals surface area contributed by atoms with E-state index in [9.17, 15) is 14.4 Å². The van der Waals surface area contributed by atoms with Crippen LogP contribution in [0.15, 0.2) is 28.7 Å². The zero-order valence-electron chi connectivity index (χ0n) is 13.3. The molecule has 24 heavy (non-hydrogen) atoms. The van der Waals surface area contributed by atoms with Crippen molar-refractivity contribution in [2.24, 2.45) is 0 Å². The molecule has 4 amide bonds. The van der Waals surface area contributed by atoms with Gasteiger partial charge in [0, 0.05) is 17.4 Å². The number of rotatable bonds is 4. The van der Waals surface area contributed by atoms with Crippen molar-refractivity contribution in [2.45, 2.75) is 44.1 Å². The highest BCUT2D eigenvalue weighted by Crippen LogP contribution is 2.33. The minimum atomic E-state index is -0.728. The molecular weight excluding hydrogens is 374 g/mol. The Morgan fingerprint density at radius 3 is 2.62 bits per heavy atom. The van der Waals surface area contributed by atoms with Gasteiger partial charge in [-0.25, -0.2) is 4.79 Å². The van der Waals surface area contributed by atoms with Crippen LogP contribution in [0.1, 0.15) is 38.5 Å². The Bertz CT molecular complexity index is 671. The molecule has 0 unspecified atom stereocenters. The molecule has 1 aromatic carbocycles. The molecule has 1 aromatic rings. The van der Waals surface area contributed by atoms with E-state index in [1.54, 1.807) is 6.07 Å². The van der Waals surface area contributed by atoms with Crippen molar-refractivity contribution >= 4 is 39.5 Å². The molecule has 1 aliphatic heterocycles. The van der Waals surface area contributed by atoms with E-state index in [1.165, 1.54) is 4.90 Å². The number of hydrogen-bond donors (Lipinski definition) is 2. The zero-order valence-corrected chi connectivity index (χ0v) is 14.9. The summed E-state index contributed by atoms with van der Waals surface area (Å²) in [6.45, 7) is 0.0999. The maximum Gasteiger partial charge on any atom is 0.325 e. The number of carbonyl (C=O) groups excluding carboxylic acids is 3. The standard InChI is InChI=1S/C17H20BrN3O3/c18-12-6-2-3-7-13(12)19-14(22)8-11-21-15(23)17(20-16(21)24)9-4-1-5-10-17/h2-3,6-7H,1,4-5,8-11H2,(H,19,22)(H,20,24). The first-order chi connectivity index (χ1) is 11.5. The summed E-state index contributed by atoms with van der Waals surface area (Å²) in [6, 6.07) is 6.92. The van der Waals surface area contributed by atoms with Gasteiger partial charge in [0.1, 0.15) is 5.54 Å². The van der Waals surface area contributed by atoms with E-state index in [4.69, 9.17) is 0 Å². The molecule has 1 heterocycles. The summed E-state index contributed by atoms with van der Waals surface area (Å²) in [7, 11) is 0. The molecule has 2 aliphatic rings. The molecule has 0 atom stereocenters. The third kappa shape index (κ3) is 3.31. The molecule has 3 rings (SSSR count). The van der Waals surface area contributed by atoms with Gasteiger partial charge in [-0.2, -0.15) is 0 Å². The van der Waals surface area contributed by atoms with Gasteiger partial charge in [-0.05, 0) is 40.9 Å². The highest BCUT2D eigenvalue weighted by molar-refractivity contribution is 9.10. The second-order valence-corrected chi connectivity index (χ2v) is 7.16. The lowest BCUT2D eigenvalue weighted by Gasteiger charge is -2.30. The quantitative estimate of drug-likeness (QED) is 0.771. The Labute approximate surface area is 149 Å². The maximum absolute atomic E-state index is 12.6. The molecule has 0 bridgehead atoms. The SMILES string of the molecule is O=C(CCN1C(=O)NC2(CCCCC2)C1=O)Nc1ccccc1Br. The fourth-order valence-electron chi connectivity index (χ4n) is 3.36. The number of nitrogens with one attached hydrogen (secondary N) is 2. The summed E-state index contributed by atoms with van der Waals surface area (Å²) < 4.78 is 0.787. The summed E-state index contributed by atoms with van der Waals surface area (Å²) in [4.78, 5) is 38.0. The van der Waals surface area contributed by atoms with Crippen LogP contribution < -0.4 is 10.6 Å². The van der Waals surface area contributed by atoms with Gasteiger partial charge in [0.05, 0.1) is 5.69 Å². The van der Waals surface area contributed by atoms with Crippen LogP contribution in [-0.2, 0) is 9.59 Å². The molecule has 2 fully saturated rings. The number of halogens is 1. The highest BCUT2D eigenvalue weighted by Gasteiger charge is 2.50. The minimum absolute atomic E-state index is 0.0799. The van der Waals surface area contributed by atoms with Crippen molar-refractivity contribution in [1.82, 2.24) is 10.2 Å². The Balaban J connectivity index is 1.58. The minimum Gasteiger partial charge on any atom is -0.325 e. The molecule has 7 heteroatoms. The van der Waals surface area contributed by atoms with E-state index in [0.717, 1.165) is 23.7 Å². The van der Waals surface area contributed by atoms with Crippen molar-refractivity contribution in [2.75, 3.05) is 11.9 Å². The van der Waals surface area contributed by atoms with Crippen molar-refractivity contribution < 1.29 is 14.4 Å². The summed E-state index contributed by atoms with van der Waals surface area (Å²) >= 11 is 3.37. The number of carbonyl (C=O) groups is 3. The predicted molar refractivity (Wildman–Crippen MR) is 93.4 cm³/mol. The van der Waals surface area contributed by atoms with Gasteiger partial charge in [-0.1, -0.05) is 31.4 Å². The van der Waals surface area contributed by atoms with Crippen molar-refractivity contribution in [1.29, 1.82) is 0 Å². The van der Waals surface area contributed by atoms with Crippen LogP contribution in [0, 0.1) is 0 Å². The lowest BCUT2D eigenvalue weighted by molar-refractivity contribution is -0.132. The van der Waals surface area contributed by atoms with Gasteiger partial charge in [-0.15, -0.1) is 0 Å². The number of amides is 4. The Morgan fingerprint density at radius 2 is 1.92 bits per heavy atom. The number of benzene rings is 1. The van der Waals surface area contributed by atoms with Crippen molar-refractivity contribution in [3.05, 3.63) is 28.7 Å². The van der Waals surface area contributed by atoms with Crippen LogP contribution in [0.25, 0.3) is 0 Å². The summed E-state index contributed by atoms with van der Waals surface area (Å²) in [5.41, 5.74) is -0.0580. The van der Waals surface area contributed by atoms with Crippen LogP contribution in [0.2, 0.25) is 0 Å². The van der Waals surface area contributed by atoms with Crippen molar-refractivity contribution in [3.63, 3.8) is 0 Å². The van der Waals surface area contributed by atoms with E-state index in [0.29, 0.717) is 18.5 Å². The molecule has 1 saturated heterocycles. The molecule has 0 aromatic heterocycles. The van der Waals surface area contributed by atoms with Gasteiger partial charge < -0.3 is 10.6 Å². The van der Waals surface area contributed by atoms with E-state index in [1.807, 2.05) is 18.2 Å². The third-order valence-electron chi connectivity index (χ3n) is 4.66. The molecule has 1 aliphatic carbocycles. The number of urea groups is 1. The van der Waals surface area contributed by atoms with Crippen LogP contribution in [-0.4, -0.2) is 34.8 Å². The molecule has 1 saturated carbocycles. The smallest absolute Gasteiger partial charge is 0.325 e. The lowest BCUT2D eigenvalue weighted by Crippen LogP contribution is -2.48. The zero-order chi connectivity index (χ0) is 17.2. The monoisotopic (exact) mass is 393 g/mol. The number of imide groups is 1. The Hall–Kier alpha value is -1.89. The first-order valence-corrected chi connectivity index (χ1v) is 9.00. The Kier molecular flexibility index (Phi) is 4.89. The van der Waals surface area contributed by atoms with E-state index < -0.39 is 5.54 Å². The van der Waals surface area contributed by atoms with Crippen molar-refractivity contribution in [3.8, 4) is 0 Å². The topological polar surface area (TPSA) is 78.5 Å². The van der Waals surface area contributed by atoms with Gasteiger partial charge in [-0.3, -0.25) is 14.5 Å². The molecule has 0 radical (unpaired) electrons. The molecule has 6 nitrogen and oxygen atoms in total. The van der Waals surface area contributed by atoms with Crippen LogP contribution in [0.4, 0.5) is 10.5 Å². The van der Waals surface area contributed by atoms with E-state index in [2.05, 4.69) is 26.6 Å². The molecule has 128 valence electrons. The second kappa shape index (κ2) is 6.93. The van der Waals surface area contributed by atoms with Crippen LogP contribution in [0.5, 0.6) is 0 Å². The molecular formula is C17H20BrN3O3. The van der Waals surface area contributed by atoms with E-state index in [-0.39, 0.29) is 30.8 Å². The number of para-hydroxylation sites is 1. The first kappa shape index (κ1) is 17.0. The number of hydrogen-bond acceptors (Lipinski definition) is 3. The maximum atomic E-state index is 12.6. The first-order valence-electron chi connectivity index (χ1n) is 8.20. The lowest BCUT2D eigenvalue weighted by atomic mass is 9.82. The third-order valence-corrected chi connectivity index (χ3v) is 5.35. The number of nitrogens with zero attached hydrogens (tertiary/aromatic N) is 1. The molecule has 2 N–H and O–H groups in total. The fourth-order valence-corrected chi connectivity index (χ4v) is 3.75. The fraction of sp³-hybridized carbons (Fsp3) is 0.471. The highest BCUT2D eigenvalue weighted by atomic mass is 79.9. The summed E-state index contributed by atoms with van der Waals surface area (Å²) in [5, 5.41) is 5.63. The Morgan fingerprint density at radius 1 is 1.21 bits per heavy atom. The van der Waals surface area contributed by atoms with E-state index >= 15 is 0 Å². The van der Waals surface area contributed by atoms with Gasteiger partial charge in [0.25, 0.3) is 5.91 Å². The van der Waals surface area contributed by atoms with Crippen LogP contribution >= 0.6 is 15.9 Å². The molecule has 1 spiro atoms. The second-order valence-electron chi connectivity index (χ2n) is 6.31. The van der Waals surface area contributed by atoms with Gasteiger partial charge in [0.2, 0.25) is 5.91 Å². The predicted octanol–water partition coefficient (Wildman–Crippen LogP) is 3.03. The normalized spacial score (nSPS) is 19.5.